The molecule has 3 aromatic rings. The number of aliphatic hydroxyl groups is 1. The molecular weight excluding hydrogens is 473 g/mol. The molecule has 1 atom stereocenters. The molecular formula is C22H19Cl2F4NO3. The van der Waals surface area contributed by atoms with E-state index >= 15 is 0 Å². The van der Waals surface area contributed by atoms with E-state index in [2.05, 4.69) is 0 Å². The van der Waals surface area contributed by atoms with Crippen LogP contribution in [0.25, 0.3) is 10.9 Å². The van der Waals surface area contributed by atoms with Gasteiger partial charge in [0.1, 0.15) is 17.5 Å². The van der Waals surface area contributed by atoms with Gasteiger partial charge in [0.05, 0.1) is 27.4 Å². The van der Waals surface area contributed by atoms with Crippen molar-refractivity contribution in [2.45, 2.75) is 38.7 Å². The minimum atomic E-state index is -4.74. The number of fused-ring (bicyclic) bond motifs is 1. The summed E-state index contributed by atoms with van der Waals surface area (Å²) in [4.78, 5) is 12.5. The van der Waals surface area contributed by atoms with E-state index in [1.807, 2.05) is 0 Å². The number of aryl methyl sites for hydroxylation is 1. The van der Waals surface area contributed by atoms with Gasteiger partial charge in [0.15, 0.2) is 0 Å². The highest BCUT2D eigenvalue weighted by molar-refractivity contribution is 6.38. The maximum Gasteiger partial charge on any atom is 0.416 e. The summed E-state index contributed by atoms with van der Waals surface area (Å²) in [5, 5.41) is 10.7. The van der Waals surface area contributed by atoms with Crippen LogP contribution in [0.15, 0.2) is 30.3 Å². The molecule has 3 rings (SSSR count). The molecule has 1 heterocycles. The summed E-state index contributed by atoms with van der Waals surface area (Å²) in [5.41, 5.74) is -2.12. The van der Waals surface area contributed by atoms with Crippen molar-refractivity contribution in [2.24, 2.45) is 7.05 Å². The molecule has 4 nitrogen and oxygen atoms in total. The lowest BCUT2D eigenvalue weighted by atomic mass is 10.0. The first kappa shape index (κ1) is 24.4. The number of ether oxygens (including phenoxy) is 1. The number of rotatable bonds is 3. The number of carbonyl (C=O) groups excluding carboxylic acids is 1. The Morgan fingerprint density at radius 2 is 1.75 bits per heavy atom. The van der Waals surface area contributed by atoms with Crippen molar-refractivity contribution in [1.29, 1.82) is 0 Å². The highest BCUT2D eigenvalue weighted by Gasteiger charge is 2.33. The number of carbonyl (C=O) groups is 1. The minimum Gasteiger partial charge on any atom is -0.456 e. The summed E-state index contributed by atoms with van der Waals surface area (Å²) >= 11 is 12.6. The van der Waals surface area contributed by atoms with Gasteiger partial charge in [-0.25, -0.2) is 9.18 Å². The van der Waals surface area contributed by atoms with Crippen molar-refractivity contribution in [3.05, 3.63) is 68.6 Å². The maximum absolute atomic E-state index is 14.4. The smallest absolute Gasteiger partial charge is 0.416 e. The summed E-state index contributed by atoms with van der Waals surface area (Å²) in [6.07, 6.45) is -6.31. The molecule has 0 spiro atoms. The molecule has 0 aliphatic heterocycles. The number of halogens is 6. The molecule has 2 aromatic carbocycles. The number of hydrogen-bond donors (Lipinski definition) is 1. The van der Waals surface area contributed by atoms with Gasteiger partial charge in [0.2, 0.25) is 0 Å². The lowest BCUT2D eigenvalue weighted by Crippen LogP contribution is -2.24. The highest BCUT2D eigenvalue weighted by atomic mass is 35.5. The molecule has 172 valence electrons. The number of alkyl halides is 3. The fourth-order valence-electron chi connectivity index (χ4n) is 3.29. The van der Waals surface area contributed by atoms with Crippen molar-refractivity contribution < 1.29 is 32.2 Å². The van der Waals surface area contributed by atoms with Gasteiger partial charge in [-0.2, -0.15) is 13.2 Å². The molecule has 32 heavy (non-hydrogen) atoms. The minimum absolute atomic E-state index is 0.0107. The van der Waals surface area contributed by atoms with Gasteiger partial charge in [-0.3, -0.25) is 0 Å². The Labute approximate surface area is 191 Å². The molecule has 1 aromatic heterocycles. The Morgan fingerprint density at radius 1 is 1.12 bits per heavy atom. The van der Waals surface area contributed by atoms with Crippen LogP contribution < -0.4 is 0 Å². The summed E-state index contributed by atoms with van der Waals surface area (Å²) in [6, 6.07) is 5.07. The number of aliphatic hydroxyl groups excluding tert-OH is 1. The van der Waals surface area contributed by atoms with Gasteiger partial charge < -0.3 is 14.4 Å². The van der Waals surface area contributed by atoms with Gasteiger partial charge in [-0.05, 0) is 51.1 Å². The number of nitrogens with zero attached hydrogens (tertiary/aromatic N) is 1. The molecule has 0 aliphatic rings. The van der Waals surface area contributed by atoms with E-state index in [0.29, 0.717) is 6.07 Å². The second-order valence-corrected chi connectivity index (χ2v) is 9.03. The lowest BCUT2D eigenvalue weighted by molar-refractivity contribution is -0.137. The quantitative estimate of drug-likeness (QED) is 0.328. The second kappa shape index (κ2) is 8.24. The zero-order valence-corrected chi connectivity index (χ0v) is 19.0. The van der Waals surface area contributed by atoms with E-state index in [9.17, 15) is 27.5 Å². The van der Waals surface area contributed by atoms with Crippen LogP contribution in [0.4, 0.5) is 17.6 Å². The summed E-state index contributed by atoms with van der Waals surface area (Å²) < 4.78 is 60.2. The number of hydrogen-bond acceptors (Lipinski definition) is 3. The zero-order chi connectivity index (χ0) is 24.2. The van der Waals surface area contributed by atoms with Crippen molar-refractivity contribution in [2.75, 3.05) is 0 Å². The Bertz CT molecular complexity index is 1210. The largest absolute Gasteiger partial charge is 0.456 e. The predicted octanol–water partition coefficient (Wildman–Crippen LogP) is 6.68. The Morgan fingerprint density at radius 3 is 2.31 bits per heavy atom. The zero-order valence-electron chi connectivity index (χ0n) is 17.4. The number of benzene rings is 2. The molecule has 0 bridgehead atoms. The predicted molar refractivity (Wildman–Crippen MR) is 114 cm³/mol. The molecule has 1 unspecified atom stereocenters. The summed E-state index contributed by atoms with van der Waals surface area (Å²) in [5.74, 6) is -1.84. The van der Waals surface area contributed by atoms with Crippen molar-refractivity contribution in [3.8, 4) is 0 Å². The maximum atomic E-state index is 14.4. The van der Waals surface area contributed by atoms with Crippen LogP contribution in [-0.4, -0.2) is 21.2 Å². The standard InChI is InChI=1S/C22H19Cl2F4NO3/c1-21(2,3)32-20(31)11-5-6-13(23)17(18(11)24)19(30)16-9-12-14(25)7-10(22(26,27)28)8-15(12)29(16)4/h5-9,19,30H,1-4H3. The van der Waals surface area contributed by atoms with E-state index in [-0.39, 0.29) is 37.8 Å². The van der Waals surface area contributed by atoms with Gasteiger partial charge in [0, 0.05) is 23.0 Å². The van der Waals surface area contributed by atoms with Crippen molar-refractivity contribution >= 4 is 40.1 Å². The Balaban J connectivity index is 2.14. The molecule has 1 N–H and O–H groups in total. The lowest BCUT2D eigenvalue weighted by Gasteiger charge is -2.21. The molecule has 0 fully saturated rings. The van der Waals surface area contributed by atoms with Crippen molar-refractivity contribution in [1.82, 2.24) is 4.57 Å². The van der Waals surface area contributed by atoms with Crippen LogP contribution in [0.3, 0.4) is 0 Å². The van der Waals surface area contributed by atoms with E-state index in [4.69, 9.17) is 27.9 Å². The fourth-order valence-corrected chi connectivity index (χ4v) is 3.95. The van der Waals surface area contributed by atoms with Gasteiger partial charge >= 0.3 is 12.1 Å². The van der Waals surface area contributed by atoms with Crippen LogP contribution in [0.5, 0.6) is 0 Å². The van der Waals surface area contributed by atoms with Crippen LogP contribution in [-0.2, 0) is 18.0 Å². The van der Waals surface area contributed by atoms with E-state index < -0.39 is 35.2 Å². The van der Waals surface area contributed by atoms with E-state index in [0.717, 1.165) is 6.07 Å². The molecule has 0 saturated carbocycles. The molecule has 0 aliphatic carbocycles. The molecule has 0 saturated heterocycles. The summed E-state index contributed by atoms with van der Waals surface area (Å²) in [7, 11) is 1.38. The van der Waals surface area contributed by atoms with E-state index in [1.54, 1.807) is 20.8 Å². The first-order valence-corrected chi connectivity index (χ1v) is 10.1. The van der Waals surface area contributed by atoms with Gasteiger partial charge in [-0.15, -0.1) is 0 Å². The Hall–Kier alpha value is -2.29. The third kappa shape index (κ3) is 4.58. The first-order valence-electron chi connectivity index (χ1n) is 9.37. The first-order chi connectivity index (χ1) is 14.6. The fraction of sp³-hybridized carbons (Fsp3) is 0.318. The van der Waals surface area contributed by atoms with Crippen LogP contribution >= 0.6 is 23.2 Å². The van der Waals surface area contributed by atoms with E-state index in [1.165, 1.54) is 29.8 Å². The number of aromatic nitrogens is 1. The monoisotopic (exact) mass is 491 g/mol. The molecule has 0 amide bonds. The van der Waals surface area contributed by atoms with Crippen LogP contribution in [0.2, 0.25) is 10.0 Å². The average molecular weight is 492 g/mol. The van der Waals surface area contributed by atoms with Gasteiger partial charge in [-0.1, -0.05) is 23.2 Å². The highest BCUT2D eigenvalue weighted by Crippen LogP contribution is 2.40. The topological polar surface area (TPSA) is 51.5 Å². The Kier molecular flexibility index (Phi) is 6.27. The van der Waals surface area contributed by atoms with Gasteiger partial charge in [0.25, 0.3) is 0 Å². The third-order valence-electron chi connectivity index (χ3n) is 4.77. The normalized spacial score (nSPS) is 13.5. The molecule has 10 heteroatoms. The van der Waals surface area contributed by atoms with Crippen molar-refractivity contribution in [3.63, 3.8) is 0 Å². The third-order valence-corrected chi connectivity index (χ3v) is 5.51. The number of esters is 1. The second-order valence-electron chi connectivity index (χ2n) is 8.24. The average Bonchev–Trinajstić information content (AvgIpc) is 2.97. The summed E-state index contributed by atoms with van der Waals surface area (Å²) in [6.45, 7) is 5.01. The SMILES string of the molecule is Cn1c(C(O)c2c(Cl)ccc(C(=O)OC(C)(C)C)c2Cl)cc2c(F)cc(C(F)(F)F)cc21. The van der Waals surface area contributed by atoms with Crippen LogP contribution in [0, 0.1) is 5.82 Å². The molecule has 0 radical (unpaired) electrons. The van der Waals surface area contributed by atoms with Crippen LogP contribution in [0.1, 0.15) is 54.1 Å².